The van der Waals surface area contributed by atoms with Crippen molar-refractivity contribution in [3.05, 3.63) is 58.1 Å². The Labute approximate surface area is 187 Å². The van der Waals surface area contributed by atoms with Gasteiger partial charge >= 0.3 is 5.97 Å². The number of rotatable bonds is 6. The number of amides is 1. The lowest BCUT2D eigenvalue weighted by Crippen LogP contribution is -2.27. The lowest BCUT2D eigenvalue weighted by Gasteiger charge is -2.23. The predicted molar refractivity (Wildman–Crippen MR) is 117 cm³/mol. The quantitative estimate of drug-likeness (QED) is 0.599. The molecule has 0 bridgehead atoms. The fourth-order valence-corrected chi connectivity index (χ4v) is 4.36. The van der Waals surface area contributed by atoms with E-state index in [-0.39, 0.29) is 25.7 Å². The van der Waals surface area contributed by atoms with Gasteiger partial charge in [0.2, 0.25) is 5.91 Å². The molecule has 1 fully saturated rings. The second-order valence-corrected chi connectivity index (χ2v) is 8.48. The van der Waals surface area contributed by atoms with Crippen LogP contribution >= 0.6 is 11.6 Å². The Kier molecular flexibility index (Phi) is 6.49. The summed E-state index contributed by atoms with van der Waals surface area (Å²) in [6, 6.07) is 11.4. The molecule has 1 saturated heterocycles. The van der Waals surface area contributed by atoms with Gasteiger partial charge in [0.25, 0.3) is 0 Å². The standard InChI is InChI=1S/C24H26ClNO5/c1-3-15(2)20-6-4-5-7-21(20)26-11-16(10-22(26)27)24(28)30-13-18-9-19(25)8-17-12-29-14-31-23(17)18/h4-9,15-16H,3,10-14H2,1-2H3/t15-,16-/m0/s1. The molecule has 0 unspecified atom stereocenters. The van der Waals surface area contributed by atoms with Gasteiger partial charge in [-0.15, -0.1) is 0 Å². The molecular formula is C24H26ClNO5. The van der Waals surface area contributed by atoms with Crippen LogP contribution in [0.2, 0.25) is 5.02 Å². The molecule has 2 aromatic rings. The van der Waals surface area contributed by atoms with E-state index in [1.807, 2.05) is 18.2 Å². The van der Waals surface area contributed by atoms with E-state index in [9.17, 15) is 9.59 Å². The minimum atomic E-state index is -0.503. The summed E-state index contributed by atoms with van der Waals surface area (Å²) in [6.07, 6.45) is 1.12. The van der Waals surface area contributed by atoms with Gasteiger partial charge in [-0.05, 0) is 36.1 Å². The van der Waals surface area contributed by atoms with E-state index >= 15 is 0 Å². The van der Waals surface area contributed by atoms with E-state index in [2.05, 4.69) is 19.9 Å². The van der Waals surface area contributed by atoms with Gasteiger partial charge in [0.15, 0.2) is 6.79 Å². The molecular weight excluding hydrogens is 418 g/mol. The minimum Gasteiger partial charge on any atom is -0.467 e. The van der Waals surface area contributed by atoms with Gasteiger partial charge in [-0.3, -0.25) is 9.59 Å². The molecule has 2 aliphatic heterocycles. The van der Waals surface area contributed by atoms with Crippen LogP contribution in [0.1, 0.15) is 49.3 Å². The maximum atomic E-state index is 12.8. The van der Waals surface area contributed by atoms with E-state index < -0.39 is 11.9 Å². The SMILES string of the molecule is CC[C@H](C)c1ccccc1N1C[C@@H](C(=O)OCc2cc(Cl)cc3c2OCOC3)CC1=O. The summed E-state index contributed by atoms with van der Waals surface area (Å²) in [4.78, 5) is 27.2. The monoisotopic (exact) mass is 443 g/mol. The number of hydrogen-bond donors (Lipinski definition) is 0. The first-order valence-corrected chi connectivity index (χ1v) is 10.9. The Morgan fingerprint density at radius 3 is 2.94 bits per heavy atom. The van der Waals surface area contributed by atoms with Crippen LogP contribution in [-0.2, 0) is 32.3 Å². The number of hydrogen-bond acceptors (Lipinski definition) is 5. The topological polar surface area (TPSA) is 65.1 Å². The molecule has 0 saturated carbocycles. The van der Waals surface area contributed by atoms with Crippen LogP contribution < -0.4 is 9.64 Å². The molecule has 7 heteroatoms. The number of fused-ring (bicyclic) bond motifs is 1. The molecule has 6 nitrogen and oxygen atoms in total. The van der Waals surface area contributed by atoms with E-state index in [4.69, 9.17) is 25.8 Å². The van der Waals surface area contributed by atoms with Crippen LogP contribution in [0.5, 0.6) is 5.75 Å². The van der Waals surface area contributed by atoms with Crippen molar-refractivity contribution >= 4 is 29.2 Å². The molecule has 31 heavy (non-hydrogen) atoms. The summed E-state index contributed by atoms with van der Waals surface area (Å²) < 4.78 is 16.4. The molecule has 1 amide bonds. The van der Waals surface area contributed by atoms with Crippen LogP contribution in [0, 0.1) is 5.92 Å². The number of carbonyl (C=O) groups excluding carboxylic acids is 2. The van der Waals surface area contributed by atoms with Gasteiger partial charge in [-0.1, -0.05) is 43.6 Å². The zero-order valence-electron chi connectivity index (χ0n) is 17.7. The predicted octanol–water partition coefficient (Wildman–Crippen LogP) is 4.82. The highest BCUT2D eigenvalue weighted by Crippen LogP contribution is 2.35. The first-order valence-electron chi connectivity index (χ1n) is 10.6. The molecule has 0 spiro atoms. The van der Waals surface area contributed by atoms with E-state index in [0.717, 1.165) is 23.2 Å². The molecule has 0 radical (unpaired) electrons. The normalized spacial score (nSPS) is 19.0. The van der Waals surface area contributed by atoms with Crippen LogP contribution in [0.25, 0.3) is 0 Å². The lowest BCUT2D eigenvalue weighted by atomic mass is 9.96. The average molecular weight is 444 g/mol. The lowest BCUT2D eigenvalue weighted by molar-refractivity contribution is -0.149. The maximum absolute atomic E-state index is 12.8. The van der Waals surface area contributed by atoms with E-state index in [1.54, 1.807) is 17.0 Å². The average Bonchev–Trinajstić information content (AvgIpc) is 3.18. The third-order valence-corrected chi connectivity index (χ3v) is 6.17. The number of nitrogens with zero attached hydrogens (tertiary/aromatic N) is 1. The fourth-order valence-electron chi connectivity index (χ4n) is 4.10. The summed E-state index contributed by atoms with van der Waals surface area (Å²) in [5.41, 5.74) is 3.53. The summed E-state index contributed by atoms with van der Waals surface area (Å²) in [5, 5.41) is 0.530. The van der Waals surface area contributed by atoms with Crippen LogP contribution in [0.15, 0.2) is 36.4 Å². The van der Waals surface area contributed by atoms with Crippen molar-refractivity contribution in [2.75, 3.05) is 18.2 Å². The van der Waals surface area contributed by atoms with Crippen molar-refractivity contribution in [2.45, 2.75) is 45.8 Å². The van der Waals surface area contributed by atoms with Crippen molar-refractivity contribution in [1.29, 1.82) is 0 Å². The first kappa shape index (κ1) is 21.7. The molecule has 4 rings (SSSR count). The molecule has 2 atom stereocenters. The highest BCUT2D eigenvalue weighted by Gasteiger charge is 2.37. The van der Waals surface area contributed by atoms with Crippen molar-refractivity contribution in [1.82, 2.24) is 0 Å². The number of carbonyl (C=O) groups is 2. The Hall–Kier alpha value is -2.57. The second-order valence-electron chi connectivity index (χ2n) is 8.05. The van der Waals surface area contributed by atoms with Gasteiger partial charge in [-0.2, -0.15) is 0 Å². The molecule has 0 aromatic heterocycles. The zero-order chi connectivity index (χ0) is 22.0. The van der Waals surface area contributed by atoms with E-state index in [1.165, 1.54) is 0 Å². The van der Waals surface area contributed by atoms with Crippen molar-refractivity contribution in [3.8, 4) is 5.75 Å². The van der Waals surface area contributed by atoms with Gasteiger partial charge in [0.1, 0.15) is 12.4 Å². The van der Waals surface area contributed by atoms with E-state index in [0.29, 0.717) is 35.4 Å². The molecule has 0 aliphatic carbocycles. The highest BCUT2D eigenvalue weighted by molar-refractivity contribution is 6.30. The zero-order valence-corrected chi connectivity index (χ0v) is 18.5. The summed E-state index contributed by atoms with van der Waals surface area (Å²) in [5.74, 6) is 0.0239. The Balaban J connectivity index is 1.45. The Bertz CT molecular complexity index is 992. The summed E-state index contributed by atoms with van der Waals surface area (Å²) >= 11 is 6.18. The minimum absolute atomic E-state index is 0.0376. The molecule has 2 aliphatic rings. The second kappa shape index (κ2) is 9.28. The summed E-state index contributed by atoms with van der Waals surface area (Å²) in [7, 11) is 0. The van der Waals surface area contributed by atoms with Gasteiger partial charge in [0.05, 0.1) is 12.5 Å². The maximum Gasteiger partial charge on any atom is 0.311 e. The molecule has 0 N–H and O–H groups in total. The number of anilines is 1. The number of para-hydroxylation sites is 1. The fraction of sp³-hybridized carbons (Fsp3) is 0.417. The molecule has 2 heterocycles. The molecule has 2 aromatic carbocycles. The number of benzene rings is 2. The van der Waals surface area contributed by atoms with Crippen LogP contribution in [-0.4, -0.2) is 25.2 Å². The third kappa shape index (κ3) is 4.55. The largest absolute Gasteiger partial charge is 0.467 e. The van der Waals surface area contributed by atoms with Crippen LogP contribution in [0.4, 0.5) is 5.69 Å². The third-order valence-electron chi connectivity index (χ3n) is 5.95. The van der Waals surface area contributed by atoms with Gasteiger partial charge in [0, 0.05) is 34.8 Å². The first-order chi connectivity index (χ1) is 15.0. The summed E-state index contributed by atoms with van der Waals surface area (Å²) in [6.45, 7) is 5.18. The van der Waals surface area contributed by atoms with Crippen molar-refractivity contribution < 1.29 is 23.8 Å². The number of ether oxygens (including phenoxy) is 3. The number of halogens is 1. The van der Waals surface area contributed by atoms with Crippen molar-refractivity contribution in [2.24, 2.45) is 5.92 Å². The number of esters is 1. The highest BCUT2D eigenvalue weighted by atomic mass is 35.5. The van der Waals surface area contributed by atoms with Crippen LogP contribution in [0.3, 0.4) is 0 Å². The van der Waals surface area contributed by atoms with Crippen molar-refractivity contribution in [3.63, 3.8) is 0 Å². The van der Waals surface area contributed by atoms with Gasteiger partial charge < -0.3 is 19.1 Å². The van der Waals surface area contributed by atoms with Gasteiger partial charge in [-0.25, -0.2) is 0 Å². The molecule has 164 valence electrons. The Morgan fingerprint density at radius 1 is 1.32 bits per heavy atom. The smallest absolute Gasteiger partial charge is 0.311 e. The Morgan fingerprint density at radius 2 is 2.13 bits per heavy atom.